The van der Waals surface area contributed by atoms with Crippen molar-refractivity contribution >= 4 is 125 Å². The van der Waals surface area contributed by atoms with Crippen LogP contribution in [-0.4, -0.2) is 282 Å². The molecular formula is C68H112N20O25S. The maximum absolute atomic E-state index is 14.2. The number of thiol groups is 1. The number of aliphatic hydroxyl groups is 4. The average Bonchev–Trinajstić information content (AvgIpc) is 0.832. The van der Waals surface area contributed by atoms with E-state index in [2.05, 4.69) is 86.4 Å². The summed E-state index contributed by atoms with van der Waals surface area (Å²) >= 11 is 4.18. The molecule has 0 saturated carbocycles. The summed E-state index contributed by atoms with van der Waals surface area (Å²) in [6, 6.07) is -16.5. The third-order valence-electron chi connectivity index (χ3n) is 16.7. The van der Waals surface area contributed by atoms with Crippen LogP contribution in [0.3, 0.4) is 0 Å². The van der Waals surface area contributed by atoms with Gasteiger partial charge in [0.15, 0.2) is 18.0 Å². The van der Waals surface area contributed by atoms with Gasteiger partial charge < -0.3 is 139 Å². The Balaban J connectivity index is 3.55. The second kappa shape index (κ2) is 50.8. The minimum absolute atomic E-state index is 0.00773. The van der Waals surface area contributed by atoms with E-state index in [4.69, 9.17) is 28.7 Å². The van der Waals surface area contributed by atoms with Gasteiger partial charge in [0.25, 0.3) is 0 Å². The lowest BCUT2D eigenvalue weighted by atomic mass is 10.0. The number of carbonyl (C=O) groups excluding carboxylic acids is 13. The molecule has 0 saturated heterocycles. The molecule has 0 heterocycles. The zero-order valence-electron chi connectivity index (χ0n) is 64.6. The lowest BCUT2D eigenvalue weighted by Crippen LogP contribution is -2.63. The third-order valence-corrected chi connectivity index (χ3v) is 17.1. The van der Waals surface area contributed by atoms with Crippen molar-refractivity contribution in [2.45, 2.75) is 229 Å². The number of amides is 13. The van der Waals surface area contributed by atoms with Gasteiger partial charge in [-0.1, -0.05) is 71.9 Å². The summed E-state index contributed by atoms with van der Waals surface area (Å²) in [5.74, 6) is -25.2. The Hall–Kier alpha value is -11.1. The fourth-order valence-electron chi connectivity index (χ4n) is 10.6. The van der Waals surface area contributed by atoms with Crippen LogP contribution in [-0.2, 0) is 87.9 Å². The van der Waals surface area contributed by atoms with Crippen LogP contribution in [0.4, 0.5) is 0 Å². The van der Waals surface area contributed by atoms with E-state index in [1.807, 2.05) is 19.2 Å². The number of aliphatic hydroxyl groups excluding tert-OH is 4. The van der Waals surface area contributed by atoms with Crippen LogP contribution in [0.2, 0.25) is 0 Å². The lowest BCUT2D eigenvalue weighted by Gasteiger charge is -2.30. The number of hydrogen-bond acceptors (Lipinski definition) is 25. The first-order valence-corrected chi connectivity index (χ1v) is 36.8. The summed E-state index contributed by atoms with van der Waals surface area (Å²) < 4.78 is 0. The topological polar surface area (TPSA) is 763 Å². The summed E-state index contributed by atoms with van der Waals surface area (Å²) in [5.41, 5.74) is 28.4. The number of rotatable bonds is 53. The molecule has 0 aromatic heterocycles. The van der Waals surface area contributed by atoms with E-state index in [1.165, 1.54) is 27.7 Å². The number of aliphatic carboxylic acids is 4. The van der Waals surface area contributed by atoms with Crippen molar-refractivity contribution in [3.8, 4) is 0 Å². The average molecular weight is 1640 g/mol. The molecule has 45 nitrogen and oxygen atoms in total. The van der Waals surface area contributed by atoms with Gasteiger partial charge in [-0.05, 0) is 82.6 Å². The maximum Gasteiger partial charge on any atom is 0.328 e. The number of guanidine groups is 2. The second-order valence-corrected chi connectivity index (χ2v) is 28.2. The number of carboxylic acids is 4. The molecule has 1 aromatic carbocycles. The van der Waals surface area contributed by atoms with E-state index in [-0.39, 0.29) is 44.7 Å². The Morgan fingerprint density at radius 2 is 0.702 bits per heavy atom. The SMILES string of the molecule is CC(C)C[C@H](N)C(=O)N[C@@H](Cc1ccccc1)C(=O)N[C@@H](CC(=O)O)C(=O)N[C@H](C(=O)N[C@@H](CS)C(=O)N[C@H](C(=O)N[C@H](C(=O)N[C@@H](CO)C(=O)N[C@@H](CCCN=C(N)N)C(=O)N[C@H](C(=O)N[C@@H](CC(=O)O)C(=O)N[C@@H](CCCN=C(N)N)C(=O)N[C@@H](CCC(=O)O)C(=O)N[C@H](C(=O)O)[C@@H](C)O)[C@@H](C)O)C(C)C)[C@@H](C)O)C(C)C. The molecule has 31 N–H and O–H groups in total. The largest absolute Gasteiger partial charge is 0.481 e. The molecule has 0 radical (unpaired) electrons. The monoisotopic (exact) mass is 1640 g/mol. The Kier molecular flexibility index (Phi) is 45.0. The standard InChI is InChI=1S/C68H112N20O25S/c1-29(2)23-36(69)53(99)79-40(24-35-15-11-10-12-16-35)57(103)80-42(26-47(97)98)59(105)84-48(30(3)4)63(109)83-44(28-114)61(107)87-51(33(8)91)65(111)85-49(31(5)6)62(108)82-43(27-89)60(106)77-38(18-14-22-75-68(72)73)55(101)86-50(32(7)90)64(110)81-41(25-46(95)96)58(104)76-37(17-13-21-74-67(70)71)54(100)78-39(19-20-45(93)94)56(102)88-52(34(9)92)66(112)113/h10-12,15-16,29-34,36-44,48-52,89-92,114H,13-14,17-28,69H2,1-9H3,(H,76,104)(H,77,106)(H,78,100)(H,79,99)(H,80,103)(H,81,110)(H,82,108)(H,83,109)(H,84,105)(H,85,111)(H,86,101)(H,87,107)(H,88,102)(H,93,94)(H,95,96)(H,97,98)(H,112,113)(H4,70,71,74)(H4,72,73,75)/t32-,33-,34-,36+,37+,38+,39+,40+,41+,42+,43+,44+,48+,49+,50+,51+,52+/m1/s1. The normalized spacial score (nSPS) is 15.6. The highest BCUT2D eigenvalue weighted by Gasteiger charge is 2.41. The molecule has 0 aliphatic carbocycles. The van der Waals surface area contributed by atoms with Gasteiger partial charge >= 0.3 is 23.9 Å². The Morgan fingerprint density at radius 3 is 1.09 bits per heavy atom. The number of nitrogens with zero attached hydrogens (tertiary/aromatic N) is 2. The number of nitrogens with one attached hydrogen (secondary N) is 13. The molecule has 114 heavy (non-hydrogen) atoms. The molecule has 0 fully saturated rings. The van der Waals surface area contributed by atoms with Crippen LogP contribution in [0.5, 0.6) is 0 Å². The van der Waals surface area contributed by atoms with Gasteiger partial charge in [-0.3, -0.25) is 86.7 Å². The first-order chi connectivity index (χ1) is 53.1. The Morgan fingerprint density at radius 1 is 0.386 bits per heavy atom. The maximum atomic E-state index is 14.2. The molecule has 1 aromatic rings. The van der Waals surface area contributed by atoms with Gasteiger partial charge in [0.2, 0.25) is 76.8 Å². The van der Waals surface area contributed by atoms with E-state index >= 15 is 0 Å². The summed E-state index contributed by atoms with van der Waals surface area (Å²) in [4.78, 5) is 236. The van der Waals surface area contributed by atoms with Crippen LogP contribution >= 0.6 is 12.6 Å². The first kappa shape index (κ1) is 101. The molecule has 46 heteroatoms. The molecule has 0 bridgehead atoms. The number of nitrogens with two attached hydrogens (primary N) is 5. The molecule has 0 aliphatic rings. The molecule has 0 spiro atoms. The predicted molar refractivity (Wildman–Crippen MR) is 407 cm³/mol. The zero-order valence-corrected chi connectivity index (χ0v) is 65.5. The van der Waals surface area contributed by atoms with Crippen LogP contribution < -0.4 is 97.8 Å². The third kappa shape index (κ3) is 37.5. The fraction of sp³-hybridized carbons (Fsp3) is 0.632. The Labute approximate surface area is 661 Å². The first-order valence-electron chi connectivity index (χ1n) is 36.2. The number of aliphatic imine (C=N–C) groups is 2. The lowest BCUT2D eigenvalue weighted by molar-refractivity contribution is -0.145. The van der Waals surface area contributed by atoms with Gasteiger partial charge in [0, 0.05) is 31.7 Å². The number of carboxylic acid groups (broad SMARTS) is 4. The van der Waals surface area contributed by atoms with Crippen molar-refractivity contribution in [3.05, 3.63) is 35.9 Å². The zero-order chi connectivity index (χ0) is 87.1. The van der Waals surface area contributed by atoms with Gasteiger partial charge in [-0.25, -0.2) is 4.79 Å². The smallest absolute Gasteiger partial charge is 0.328 e. The van der Waals surface area contributed by atoms with Gasteiger partial charge in [0.1, 0.15) is 72.5 Å². The molecular weight excluding hydrogens is 1530 g/mol. The molecule has 17 atom stereocenters. The summed E-state index contributed by atoms with van der Waals surface area (Å²) in [6.07, 6.45) is -10.2. The van der Waals surface area contributed by atoms with Crippen LogP contribution in [0.25, 0.3) is 0 Å². The van der Waals surface area contributed by atoms with E-state index in [0.717, 1.165) is 20.8 Å². The van der Waals surface area contributed by atoms with Gasteiger partial charge in [-0.15, -0.1) is 0 Å². The fourth-order valence-corrected chi connectivity index (χ4v) is 10.8. The van der Waals surface area contributed by atoms with Crippen molar-refractivity contribution in [2.24, 2.45) is 56.4 Å². The number of benzene rings is 1. The van der Waals surface area contributed by atoms with Crippen molar-refractivity contribution in [1.82, 2.24) is 69.1 Å². The van der Waals surface area contributed by atoms with Crippen LogP contribution in [0.1, 0.15) is 126 Å². The molecule has 0 unspecified atom stereocenters. The van der Waals surface area contributed by atoms with E-state index < -0.39 is 278 Å². The van der Waals surface area contributed by atoms with Gasteiger partial charge in [0.05, 0.1) is 43.8 Å². The predicted octanol–water partition coefficient (Wildman–Crippen LogP) is -9.71. The molecule has 1 rings (SSSR count). The van der Waals surface area contributed by atoms with E-state index in [9.17, 15) is 122 Å². The quantitative estimate of drug-likeness (QED) is 0.0125. The Bertz CT molecular complexity index is 3530. The molecule has 640 valence electrons. The highest BCUT2D eigenvalue weighted by Crippen LogP contribution is 2.14. The highest BCUT2D eigenvalue weighted by atomic mass is 32.1. The van der Waals surface area contributed by atoms with Crippen molar-refractivity contribution in [1.29, 1.82) is 0 Å². The molecule has 0 aliphatic heterocycles. The number of hydrogen-bond donors (Lipinski definition) is 27. The van der Waals surface area contributed by atoms with Crippen molar-refractivity contribution in [2.75, 3.05) is 25.4 Å². The van der Waals surface area contributed by atoms with Gasteiger partial charge in [-0.2, -0.15) is 12.6 Å². The molecule has 13 amide bonds. The highest BCUT2D eigenvalue weighted by molar-refractivity contribution is 7.80. The second-order valence-electron chi connectivity index (χ2n) is 27.8. The summed E-state index contributed by atoms with van der Waals surface area (Å²) in [5, 5.41) is 110. The van der Waals surface area contributed by atoms with Crippen LogP contribution in [0, 0.1) is 17.8 Å². The minimum Gasteiger partial charge on any atom is -0.481 e. The van der Waals surface area contributed by atoms with Crippen molar-refractivity contribution < 1.29 is 122 Å². The van der Waals surface area contributed by atoms with E-state index in [0.29, 0.717) is 5.56 Å². The number of carbonyl (C=O) groups is 17. The van der Waals surface area contributed by atoms with E-state index in [1.54, 1.807) is 30.3 Å². The summed E-state index contributed by atoms with van der Waals surface area (Å²) in [6.45, 7) is 10.8. The van der Waals surface area contributed by atoms with Crippen molar-refractivity contribution in [3.63, 3.8) is 0 Å². The minimum atomic E-state index is -2.19. The van der Waals surface area contributed by atoms with Crippen LogP contribution in [0.15, 0.2) is 40.3 Å². The summed E-state index contributed by atoms with van der Waals surface area (Å²) in [7, 11) is 0.